The second kappa shape index (κ2) is 4.20. The van der Waals surface area contributed by atoms with E-state index in [9.17, 15) is 13.2 Å². The van der Waals surface area contributed by atoms with Gasteiger partial charge in [0.2, 0.25) is 0 Å². The average Bonchev–Trinajstić information content (AvgIpc) is 2.14. The lowest BCUT2D eigenvalue weighted by atomic mass is 10.1. The Morgan fingerprint density at radius 3 is 2.60 bits per heavy atom. The van der Waals surface area contributed by atoms with E-state index in [0.717, 1.165) is 12.1 Å². The van der Waals surface area contributed by atoms with Crippen LogP contribution in [0, 0.1) is 5.41 Å². The number of hydrogen-bond donors (Lipinski definition) is 3. The minimum Gasteiger partial charge on any atom is -0.370 e. The summed E-state index contributed by atoms with van der Waals surface area (Å²) < 4.78 is 36.8. The van der Waals surface area contributed by atoms with Gasteiger partial charge in [-0.3, -0.25) is 5.41 Å². The van der Waals surface area contributed by atoms with Gasteiger partial charge >= 0.3 is 6.18 Å². The number of alkyl halides is 3. The molecule has 1 rings (SSSR count). The summed E-state index contributed by atoms with van der Waals surface area (Å²) >= 11 is 0. The standard InChI is InChI=1S/C9H10F3N3/c10-9(11,12)7-3-1-2-6(4-7)5-15-8(13)14/h1-4H,5H2,(H4,13,14,15). The predicted molar refractivity (Wildman–Crippen MR) is 50.2 cm³/mol. The van der Waals surface area contributed by atoms with Crippen molar-refractivity contribution in [3.8, 4) is 0 Å². The van der Waals surface area contributed by atoms with Gasteiger partial charge in [-0.15, -0.1) is 0 Å². The zero-order valence-corrected chi connectivity index (χ0v) is 7.73. The third-order valence-corrected chi connectivity index (χ3v) is 1.74. The van der Waals surface area contributed by atoms with E-state index in [2.05, 4.69) is 5.32 Å². The Balaban J connectivity index is 2.79. The molecule has 0 heterocycles. The summed E-state index contributed by atoms with van der Waals surface area (Å²) in [6.07, 6.45) is -4.34. The van der Waals surface area contributed by atoms with Crippen LogP contribution in [0.25, 0.3) is 0 Å². The van der Waals surface area contributed by atoms with Crippen molar-refractivity contribution in [2.75, 3.05) is 0 Å². The molecule has 1 aromatic rings. The fraction of sp³-hybridized carbons (Fsp3) is 0.222. The Morgan fingerprint density at radius 2 is 2.07 bits per heavy atom. The van der Waals surface area contributed by atoms with Gasteiger partial charge in [0.1, 0.15) is 0 Å². The zero-order valence-electron chi connectivity index (χ0n) is 7.73. The molecule has 0 aliphatic carbocycles. The largest absolute Gasteiger partial charge is 0.416 e. The van der Waals surface area contributed by atoms with Crippen LogP contribution in [0.1, 0.15) is 11.1 Å². The topological polar surface area (TPSA) is 61.9 Å². The predicted octanol–water partition coefficient (Wildman–Crippen LogP) is 1.69. The molecule has 0 saturated carbocycles. The molecule has 6 heteroatoms. The summed E-state index contributed by atoms with van der Waals surface area (Å²) in [7, 11) is 0. The van der Waals surface area contributed by atoms with Crippen LogP contribution in [0.5, 0.6) is 0 Å². The van der Waals surface area contributed by atoms with E-state index in [0.29, 0.717) is 5.56 Å². The summed E-state index contributed by atoms with van der Waals surface area (Å²) in [6, 6.07) is 4.87. The van der Waals surface area contributed by atoms with Gasteiger partial charge in [-0.2, -0.15) is 13.2 Å². The average molecular weight is 217 g/mol. The SMILES string of the molecule is N=C(N)NCc1cccc(C(F)(F)F)c1. The van der Waals surface area contributed by atoms with Crippen LogP contribution in [0.2, 0.25) is 0 Å². The van der Waals surface area contributed by atoms with Crippen LogP contribution in [0.3, 0.4) is 0 Å². The molecule has 0 saturated heterocycles. The molecule has 0 aliphatic rings. The first-order chi connectivity index (χ1) is 6.89. The molecule has 0 bridgehead atoms. The first-order valence-electron chi connectivity index (χ1n) is 4.13. The van der Waals surface area contributed by atoms with Crippen molar-refractivity contribution >= 4 is 5.96 Å². The molecule has 15 heavy (non-hydrogen) atoms. The van der Waals surface area contributed by atoms with Crippen molar-refractivity contribution < 1.29 is 13.2 Å². The van der Waals surface area contributed by atoms with Gasteiger partial charge in [0.15, 0.2) is 5.96 Å². The highest BCUT2D eigenvalue weighted by Gasteiger charge is 2.30. The van der Waals surface area contributed by atoms with Crippen molar-refractivity contribution in [3.63, 3.8) is 0 Å². The molecule has 0 spiro atoms. The van der Waals surface area contributed by atoms with Crippen molar-refractivity contribution in [2.45, 2.75) is 12.7 Å². The van der Waals surface area contributed by atoms with Gasteiger partial charge in [0.25, 0.3) is 0 Å². The molecular weight excluding hydrogens is 207 g/mol. The molecule has 0 fully saturated rings. The molecule has 0 amide bonds. The summed E-state index contributed by atoms with van der Waals surface area (Å²) in [5, 5.41) is 9.30. The van der Waals surface area contributed by atoms with Gasteiger partial charge in [-0.25, -0.2) is 0 Å². The van der Waals surface area contributed by atoms with Crippen molar-refractivity contribution in [1.29, 1.82) is 5.41 Å². The highest BCUT2D eigenvalue weighted by molar-refractivity contribution is 5.74. The van der Waals surface area contributed by atoms with Crippen LogP contribution in [0.15, 0.2) is 24.3 Å². The number of nitrogens with one attached hydrogen (secondary N) is 2. The number of guanidine groups is 1. The van der Waals surface area contributed by atoms with Gasteiger partial charge in [-0.05, 0) is 17.7 Å². The summed E-state index contributed by atoms with van der Waals surface area (Å²) in [5.41, 5.74) is 4.74. The number of nitrogens with two attached hydrogens (primary N) is 1. The highest BCUT2D eigenvalue weighted by Crippen LogP contribution is 2.29. The van der Waals surface area contributed by atoms with E-state index in [1.54, 1.807) is 0 Å². The maximum atomic E-state index is 12.3. The maximum Gasteiger partial charge on any atom is 0.416 e. The fourth-order valence-corrected chi connectivity index (χ4v) is 1.05. The summed E-state index contributed by atoms with van der Waals surface area (Å²) in [5.74, 6) is -0.271. The quantitative estimate of drug-likeness (QED) is 0.521. The Bertz CT molecular complexity index is 360. The van der Waals surface area contributed by atoms with Crippen LogP contribution in [0.4, 0.5) is 13.2 Å². The van der Waals surface area contributed by atoms with E-state index in [1.165, 1.54) is 12.1 Å². The number of halogens is 3. The third kappa shape index (κ3) is 3.49. The normalized spacial score (nSPS) is 11.1. The minimum atomic E-state index is -4.34. The molecule has 0 radical (unpaired) electrons. The molecule has 82 valence electrons. The molecule has 0 unspecified atom stereocenters. The van der Waals surface area contributed by atoms with Crippen LogP contribution < -0.4 is 11.1 Å². The van der Waals surface area contributed by atoms with Crippen LogP contribution in [-0.4, -0.2) is 5.96 Å². The van der Waals surface area contributed by atoms with Crippen molar-refractivity contribution in [2.24, 2.45) is 5.73 Å². The van der Waals surface area contributed by atoms with Crippen molar-refractivity contribution in [1.82, 2.24) is 5.32 Å². The van der Waals surface area contributed by atoms with Gasteiger partial charge < -0.3 is 11.1 Å². The second-order valence-corrected chi connectivity index (χ2v) is 2.97. The lowest BCUT2D eigenvalue weighted by Gasteiger charge is -2.09. The second-order valence-electron chi connectivity index (χ2n) is 2.97. The Labute approximate surface area is 84.6 Å². The maximum absolute atomic E-state index is 12.3. The fourth-order valence-electron chi connectivity index (χ4n) is 1.05. The first-order valence-corrected chi connectivity index (χ1v) is 4.13. The Kier molecular flexibility index (Phi) is 3.18. The summed E-state index contributed by atoms with van der Waals surface area (Å²) in [6.45, 7) is 0.110. The number of hydrogen-bond acceptors (Lipinski definition) is 1. The van der Waals surface area contributed by atoms with Gasteiger partial charge in [-0.1, -0.05) is 12.1 Å². The van der Waals surface area contributed by atoms with E-state index in [4.69, 9.17) is 11.1 Å². The lowest BCUT2D eigenvalue weighted by Crippen LogP contribution is -2.29. The number of benzene rings is 1. The molecule has 4 N–H and O–H groups in total. The van der Waals surface area contributed by atoms with Crippen molar-refractivity contribution in [3.05, 3.63) is 35.4 Å². The molecule has 0 aromatic heterocycles. The van der Waals surface area contributed by atoms with Gasteiger partial charge in [0.05, 0.1) is 5.56 Å². The molecule has 1 aromatic carbocycles. The Morgan fingerprint density at radius 1 is 1.40 bits per heavy atom. The summed E-state index contributed by atoms with van der Waals surface area (Å²) in [4.78, 5) is 0. The van der Waals surface area contributed by atoms with E-state index < -0.39 is 11.7 Å². The highest BCUT2D eigenvalue weighted by atomic mass is 19.4. The monoisotopic (exact) mass is 217 g/mol. The molecule has 3 nitrogen and oxygen atoms in total. The van der Waals surface area contributed by atoms with E-state index >= 15 is 0 Å². The first kappa shape index (κ1) is 11.4. The van der Waals surface area contributed by atoms with Gasteiger partial charge in [0, 0.05) is 6.54 Å². The smallest absolute Gasteiger partial charge is 0.370 e. The van der Waals surface area contributed by atoms with Crippen LogP contribution in [-0.2, 0) is 12.7 Å². The minimum absolute atomic E-state index is 0.110. The molecule has 0 atom stereocenters. The van der Waals surface area contributed by atoms with Crippen LogP contribution >= 0.6 is 0 Å². The van der Waals surface area contributed by atoms with E-state index in [1.807, 2.05) is 0 Å². The lowest BCUT2D eigenvalue weighted by molar-refractivity contribution is -0.137. The number of rotatable bonds is 2. The molecule has 0 aliphatic heterocycles. The third-order valence-electron chi connectivity index (χ3n) is 1.74. The molecular formula is C9H10F3N3. The Hall–Kier alpha value is -1.72. The zero-order chi connectivity index (χ0) is 11.5. The van der Waals surface area contributed by atoms with E-state index in [-0.39, 0.29) is 12.5 Å².